The van der Waals surface area contributed by atoms with E-state index in [1.165, 1.54) is 30.5 Å². The molecule has 0 saturated carbocycles. The Morgan fingerprint density at radius 3 is 2.48 bits per heavy atom. The van der Waals surface area contributed by atoms with Crippen molar-refractivity contribution in [3.63, 3.8) is 0 Å². The molecule has 1 heterocycles. The summed E-state index contributed by atoms with van der Waals surface area (Å²) in [6.07, 6.45) is 3.33. The van der Waals surface area contributed by atoms with E-state index in [9.17, 15) is 14.0 Å². The number of aromatic nitrogens is 1. The lowest BCUT2D eigenvalue weighted by Gasteiger charge is -2.07. The molecule has 0 saturated heterocycles. The fraction of sp³-hybridized carbons (Fsp3) is 0.0800. The molecule has 0 atom stereocenters. The average molecular weight is 443 g/mol. The van der Waals surface area contributed by atoms with Gasteiger partial charge in [0.2, 0.25) is 5.91 Å². The zero-order valence-electron chi connectivity index (χ0n) is 17.9. The van der Waals surface area contributed by atoms with Crippen LogP contribution in [0.1, 0.15) is 11.1 Å². The molecule has 0 fully saturated rings. The van der Waals surface area contributed by atoms with Gasteiger partial charge in [0, 0.05) is 34.0 Å². The molecule has 4 rings (SSSR count). The zero-order chi connectivity index (χ0) is 23.2. The third kappa shape index (κ3) is 5.43. The van der Waals surface area contributed by atoms with E-state index < -0.39 is 6.03 Å². The summed E-state index contributed by atoms with van der Waals surface area (Å²) < 4.78 is 14.9. The van der Waals surface area contributed by atoms with Crippen LogP contribution in [0.15, 0.2) is 84.1 Å². The van der Waals surface area contributed by atoms with Crippen molar-refractivity contribution in [3.05, 3.63) is 95.9 Å². The smallest absolute Gasteiger partial charge is 0.337 e. The maximum absolute atomic E-state index is 13.1. The molecule has 0 bridgehead atoms. The first-order valence-corrected chi connectivity index (χ1v) is 10.3. The minimum atomic E-state index is -0.456. The highest BCUT2D eigenvalue weighted by Crippen LogP contribution is 2.20. The summed E-state index contributed by atoms with van der Waals surface area (Å²) in [5.74, 6) is -0.615. The molecule has 3 aromatic carbocycles. The van der Waals surface area contributed by atoms with Crippen LogP contribution in [0.25, 0.3) is 10.9 Å². The number of hydrogen-bond acceptors (Lipinski definition) is 3. The summed E-state index contributed by atoms with van der Waals surface area (Å²) in [7, 11) is 0. The number of carbonyl (C=O) groups is 2. The molecule has 7 nitrogen and oxygen atoms in total. The summed E-state index contributed by atoms with van der Waals surface area (Å²) in [5, 5.41) is 10.4. The van der Waals surface area contributed by atoms with Crippen LogP contribution in [0, 0.1) is 12.7 Å². The predicted octanol–water partition coefficient (Wildman–Crippen LogP) is 4.88. The number of hydrazone groups is 1. The topological polar surface area (TPSA) is 87.5 Å². The first-order chi connectivity index (χ1) is 16.0. The number of aryl methyl sites for hydroxylation is 1. The Labute approximate surface area is 189 Å². The fourth-order valence-corrected chi connectivity index (χ4v) is 3.42. The standard InChI is InChI=1S/C25H22FN5O2/c1-17-6-2-4-8-22(17)29-25(33)30-27-14-18-15-31(23-9-5-3-7-21(18)23)16-24(32)28-20-12-10-19(26)11-13-20/h2-15H,16H2,1H3,(H,28,32)(H2,29,30,33). The average Bonchev–Trinajstić information content (AvgIpc) is 3.14. The summed E-state index contributed by atoms with van der Waals surface area (Å²) in [6.45, 7) is 1.97. The molecule has 0 aliphatic carbocycles. The van der Waals surface area contributed by atoms with Gasteiger partial charge in [-0.25, -0.2) is 14.6 Å². The molecule has 0 radical (unpaired) electrons. The van der Waals surface area contributed by atoms with Crippen LogP contribution >= 0.6 is 0 Å². The summed E-state index contributed by atoms with van der Waals surface area (Å²) in [4.78, 5) is 24.6. The highest BCUT2D eigenvalue weighted by molar-refractivity contribution is 6.01. The van der Waals surface area contributed by atoms with Crippen molar-refractivity contribution in [2.75, 3.05) is 10.6 Å². The number of hydrogen-bond donors (Lipinski definition) is 3. The van der Waals surface area contributed by atoms with Gasteiger partial charge in [0.1, 0.15) is 12.4 Å². The first-order valence-electron chi connectivity index (χ1n) is 10.3. The molecule has 3 amide bonds. The number of rotatable bonds is 6. The van der Waals surface area contributed by atoms with Crippen molar-refractivity contribution in [1.82, 2.24) is 9.99 Å². The third-order valence-electron chi connectivity index (χ3n) is 5.02. The molecule has 33 heavy (non-hydrogen) atoms. The van der Waals surface area contributed by atoms with Crippen LogP contribution in [0.5, 0.6) is 0 Å². The van der Waals surface area contributed by atoms with Gasteiger partial charge in [-0.15, -0.1) is 0 Å². The van der Waals surface area contributed by atoms with E-state index >= 15 is 0 Å². The number of nitrogens with zero attached hydrogens (tertiary/aromatic N) is 2. The zero-order valence-corrected chi connectivity index (χ0v) is 17.9. The van der Waals surface area contributed by atoms with E-state index in [0.29, 0.717) is 11.4 Å². The molecule has 0 unspecified atom stereocenters. The molecule has 4 aromatic rings. The number of urea groups is 1. The molecule has 8 heteroatoms. The van der Waals surface area contributed by atoms with Crippen LogP contribution in [0.3, 0.4) is 0 Å². The SMILES string of the molecule is Cc1ccccc1NC(=O)NN=Cc1cn(CC(=O)Nc2ccc(F)cc2)c2ccccc12. The van der Waals surface area contributed by atoms with E-state index in [1.807, 2.05) is 55.5 Å². The Bertz CT molecular complexity index is 1330. The summed E-state index contributed by atoms with van der Waals surface area (Å²) in [6, 6.07) is 20.2. The van der Waals surface area contributed by atoms with E-state index in [-0.39, 0.29) is 18.3 Å². The molecule has 1 aromatic heterocycles. The minimum Gasteiger partial charge on any atom is -0.337 e. The highest BCUT2D eigenvalue weighted by atomic mass is 19.1. The quantitative estimate of drug-likeness (QED) is 0.293. The molecule has 0 aliphatic heterocycles. The lowest BCUT2D eigenvalue weighted by Crippen LogP contribution is -2.24. The monoisotopic (exact) mass is 443 g/mol. The number of para-hydroxylation sites is 2. The van der Waals surface area contributed by atoms with Gasteiger partial charge in [-0.3, -0.25) is 4.79 Å². The first kappa shape index (κ1) is 21.8. The van der Waals surface area contributed by atoms with Gasteiger partial charge < -0.3 is 15.2 Å². The normalized spacial score (nSPS) is 11.0. The van der Waals surface area contributed by atoms with Gasteiger partial charge >= 0.3 is 6.03 Å². The van der Waals surface area contributed by atoms with Gasteiger partial charge in [-0.1, -0.05) is 36.4 Å². The molecular formula is C25H22FN5O2. The molecule has 0 aliphatic rings. The van der Waals surface area contributed by atoms with Gasteiger partial charge in [0.15, 0.2) is 0 Å². The number of carbonyl (C=O) groups excluding carboxylic acids is 2. The Morgan fingerprint density at radius 2 is 1.70 bits per heavy atom. The lowest BCUT2D eigenvalue weighted by molar-refractivity contribution is -0.116. The van der Waals surface area contributed by atoms with Crippen molar-refractivity contribution < 1.29 is 14.0 Å². The number of amides is 3. The van der Waals surface area contributed by atoms with Crippen LogP contribution in [-0.2, 0) is 11.3 Å². The van der Waals surface area contributed by atoms with Crippen molar-refractivity contribution in [1.29, 1.82) is 0 Å². The summed E-state index contributed by atoms with van der Waals surface area (Å²) >= 11 is 0. The Hall–Kier alpha value is -4.46. The summed E-state index contributed by atoms with van der Waals surface area (Å²) in [5.41, 5.74) is 6.21. The van der Waals surface area contributed by atoms with E-state index in [0.717, 1.165) is 22.0 Å². The lowest BCUT2D eigenvalue weighted by atomic mass is 10.2. The second-order valence-electron chi connectivity index (χ2n) is 7.42. The van der Waals surface area contributed by atoms with Crippen LogP contribution < -0.4 is 16.1 Å². The van der Waals surface area contributed by atoms with E-state index in [4.69, 9.17) is 0 Å². The Kier molecular flexibility index (Phi) is 6.45. The van der Waals surface area contributed by atoms with Crippen molar-refractivity contribution in [3.8, 4) is 0 Å². The van der Waals surface area contributed by atoms with Crippen LogP contribution in [0.2, 0.25) is 0 Å². The third-order valence-corrected chi connectivity index (χ3v) is 5.02. The number of fused-ring (bicyclic) bond motifs is 1. The van der Waals surface area contributed by atoms with Gasteiger partial charge in [0.25, 0.3) is 0 Å². The highest BCUT2D eigenvalue weighted by Gasteiger charge is 2.11. The number of halogens is 1. The fourth-order valence-electron chi connectivity index (χ4n) is 3.42. The predicted molar refractivity (Wildman–Crippen MR) is 128 cm³/mol. The number of nitrogens with one attached hydrogen (secondary N) is 3. The van der Waals surface area contributed by atoms with E-state index in [2.05, 4.69) is 21.2 Å². The van der Waals surface area contributed by atoms with Gasteiger partial charge in [-0.05, 0) is 48.9 Å². The molecule has 166 valence electrons. The molecule has 3 N–H and O–H groups in total. The van der Waals surface area contributed by atoms with Gasteiger partial charge in [-0.2, -0.15) is 5.10 Å². The van der Waals surface area contributed by atoms with Crippen molar-refractivity contribution >= 4 is 40.4 Å². The van der Waals surface area contributed by atoms with Crippen LogP contribution in [-0.4, -0.2) is 22.7 Å². The largest absolute Gasteiger partial charge is 0.339 e. The maximum Gasteiger partial charge on any atom is 0.339 e. The molecule has 0 spiro atoms. The molecular weight excluding hydrogens is 421 g/mol. The van der Waals surface area contributed by atoms with Gasteiger partial charge in [0.05, 0.1) is 6.21 Å². The maximum atomic E-state index is 13.1. The number of anilines is 2. The van der Waals surface area contributed by atoms with Crippen molar-refractivity contribution in [2.45, 2.75) is 13.5 Å². The Morgan fingerprint density at radius 1 is 0.970 bits per heavy atom. The van der Waals surface area contributed by atoms with E-state index in [1.54, 1.807) is 10.8 Å². The number of benzene rings is 3. The van der Waals surface area contributed by atoms with Crippen molar-refractivity contribution in [2.24, 2.45) is 5.10 Å². The van der Waals surface area contributed by atoms with Crippen LogP contribution in [0.4, 0.5) is 20.6 Å². The second kappa shape index (κ2) is 9.78. The minimum absolute atomic E-state index is 0.0624. The second-order valence-corrected chi connectivity index (χ2v) is 7.42. The Balaban J connectivity index is 1.45.